The van der Waals surface area contributed by atoms with Crippen molar-refractivity contribution in [2.45, 2.75) is 65.1 Å². The van der Waals surface area contributed by atoms with E-state index in [9.17, 15) is 0 Å². The number of hydrogen-bond donors (Lipinski definition) is 2. The Bertz CT molecular complexity index is 442. The van der Waals surface area contributed by atoms with Crippen molar-refractivity contribution >= 4 is 29.9 Å². The lowest BCUT2D eigenvalue weighted by Crippen LogP contribution is -2.38. The van der Waals surface area contributed by atoms with Crippen molar-refractivity contribution in [2.24, 2.45) is 10.7 Å². The van der Waals surface area contributed by atoms with E-state index in [1.807, 2.05) is 0 Å². The topological polar surface area (TPSA) is 81.1 Å². The minimum absolute atomic E-state index is 0. The second-order valence-electron chi connectivity index (χ2n) is 5.15. The molecule has 6 nitrogen and oxygen atoms in total. The smallest absolute Gasteiger partial charge is 0.189 e. The third-order valence-electron chi connectivity index (χ3n) is 3.58. The van der Waals surface area contributed by atoms with Crippen molar-refractivity contribution in [3.8, 4) is 0 Å². The van der Waals surface area contributed by atoms with Gasteiger partial charge in [0.15, 0.2) is 11.8 Å². The predicted molar refractivity (Wildman–Crippen MR) is 91.2 cm³/mol. The van der Waals surface area contributed by atoms with Gasteiger partial charge >= 0.3 is 0 Å². The molecule has 1 unspecified atom stereocenters. The van der Waals surface area contributed by atoms with Crippen LogP contribution in [0.3, 0.4) is 0 Å². The zero-order valence-corrected chi connectivity index (χ0v) is 14.6. The summed E-state index contributed by atoms with van der Waals surface area (Å²) in [5, 5.41) is 11.6. The fraction of sp³-hybridized carbons (Fsp3) is 0.769. The Morgan fingerprint density at radius 1 is 1.40 bits per heavy atom. The molecule has 20 heavy (non-hydrogen) atoms. The van der Waals surface area contributed by atoms with Crippen LogP contribution in [0.5, 0.6) is 0 Å². The summed E-state index contributed by atoms with van der Waals surface area (Å²) in [6.07, 6.45) is 5.72. The van der Waals surface area contributed by atoms with Crippen molar-refractivity contribution in [2.75, 3.05) is 0 Å². The summed E-state index contributed by atoms with van der Waals surface area (Å²) in [5.74, 6) is 2.50. The minimum atomic E-state index is 0. The third-order valence-corrected chi connectivity index (χ3v) is 3.58. The number of aryl methyl sites for hydroxylation is 1. The first-order valence-electron chi connectivity index (χ1n) is 7.18. The minimum Gasteiger partial charge on any atom is -0.370 e. The van der Waals surface area contributed by atoms with Gasteiger partial charge in [0.1, 0.15) is 12.4 Å². The van der Waals surface area contributed by atoms with Crippen LogP contribution in [0.2, 0.25) is 0 Å². The molecule has 0 fully saturated rings. The molecule has 0 spiro atoms. The van der Waals surface area contributed by atoms with Crippen LogP contribution >= 0.6 is 24.0 Å². The lowest BCUT2D eigenvalue weighted by molar-refractivity contribution is 0.603. The van der Waals surface area contributed by atoms with Crippen LogP contribution in [0, 0.1) is 0 Å². The van der Waals surface area contributed by atoms with Crippen molar-refractivity contribution in [1.29, 1.82) is 0 Å². The maximum atomic E-state index is 5.86. The quantitative estimate of drug-likeness (QED) is 0.466. The maximum Gasteiger partial charge on any atom is 0.189 e. The van der Waals surface area contributed by atoms with Crippen LogP contribution in [0.15, 0.2) is 4.99 Å². The maximum absolute atomic E-state index is 5.86. The average Bonchev–Trinajstić information content (AvgIpc) is 2.63. The molecule has 0 radical (unpaired) electrons. The van der Waals surface area contributed by atoms with E-state index in [-0.39, 0.29) is 24.0 Å². The Hall–Kier alpha value is -0.860. The Labute approximate surface area is 137 Å². The van der Waals surface area contributed by atoms with Crippen LogP contribution < -0.4 is 11.1 Å². The molecule has 0 saturated carbocycles. The third kappa shape index (κ3) is 4.60. The van der Waals surface area contributed by atoms with Gasteiger partial charge in [-0.05, 0) is 26.2 Å². The van der Waals surface area contributed by atoms with Gasteiger partial charge in [0.05, 0.1) is 0 Å². The predicted octanol–water partition coefficient (Wildman–Crippen LogP) is 1.83. The largest absolute Gasteiger partial charge is 0.370 e. The molecule has 2 heterocycles. The number of halogens is 1. The molecule has 0 aliphatic carbocycles. The number of aliphatic imine (C=N–C) groups is 1. The van der Waals surface area contributed by atoms with Crippen molar-refractivity contribution in [1.82, 2.24) is 20.1 Å². The molecule has 0 bridgehead atoms. The average molecular weight is 392 g/mol. The van der Waals surface area contributed by atoms with Gasteiger partial charge in [-0.25, -0.2) is 4.99 Å². The first kappa shape index (κ1) is 17.2. The van der Waals surface area contributed by atoms with Crippen LogP contribution in [0.25, 0.3) is 0 Å². The number of fused-ring (bicyclic) bond motifs is 1. The lowest BCUT2D eigenvalue weighted by atomic mass is 10.2. The molecule has 7 heteroatoms. The molecule has 2 rings (SSSR count). The van der Waals surface area contributed by atoms with Gasteiger partial charge in [-0.15, -0.1) is 34.2 Å². The van der Waals surface area contributed by atoms with Gasteiger partial charge in [0.25, 0.3) is 0 Å². The molecule has 0 saturated heterocycles. The Balaban J connectivity index is 0.00000200. The summed E-state index contributed by atoms with van der Waals surface area (Å²) in [6.45, 7) is 5.71. The molecule has 3 N–H and O–H groups in total. The van der Waals surface area contributed by atoms with Crippen LogP contribution in [0.1, 0.15) is 51.2 Å². The van der Waals surface area contributed by atoms with Gasteiger partial charge < -0.3 is 15.6 Å². The number of nitrogens with one attached hydrogen (secondary N) is 1. The molecule has 1 aromatic heterocycles. The van der Waals surface area contributed by atoms with Crippen LogP contribution in [-0.4, -0.2) is 26.8 Å². The Morgan fingerprint density at radius 2 is 2.20 bits per heavy atom. The summed E-state index contributed by atoms with van der Waals surface area (Å²) >= 11 is 0. The molecule has 1 aliphatic rings. The molecule has 0 amide bonds. The van der Waals surface area contributed by atoms with E-state index in [1.165, 1.54) is 19.3 Å². The number of rotatable bonds is 4. The summed E-state index contributed by atoms with van der Waals surface area (Å²) in [4.78, 5) is 4.35. The SMILES string of the molecule is CCC(C)NC(N)=NCc1nnc2n1CCCCC2.I. The van der Waals surface area contributed by atoms with E-state index in [1.54, 1.807) is 0 Å². The highest BCUT2D eigenvalue weighted by molar-refractivity contribution is 14.0. The van der Waals surface area contributed by atoms with Gasteiger partial charge in [0.2, 0.25) is 0 Å². The molecule has 1 aliphatic heterocycles. The molecular weight excluding hydrogens is 367 g/mol. The fourth-order valence-electron chi connectivity index (χ4n) is 2.22. The zero-order chi connectivity index (χ0) is 13.7. The second-order valence-corrected chi connectivity index (χ2v) is 5.15. The second kappa shape index (κ2) is 8.43. The van der Waals surface area contributed by atoms with Crippen molar-refractivity contribution < 1.29 is 0 Å². The summed E-state index contributed by atoms with van der Waals surface area (Å²) in [6, 6.07) is 0.347. The summed E-state index contributed by atoms with van der Waals surface area (Å²) < 4.78 is 2.20. The molecule has 1 aromatic rings. The van der Waals surface area contributed by atoms with E-state index in [2.05, 4.69) is 38.9 Å². The Morgan fingerprint density at radius 3 is 2.95 bits per heavy atom. The lowest BCUT2D eigenvalue weighted by Gasteiger charge is -2.11. The normalized spacial score (nSPS) is 16.8. The number of aromatic nitrogens is 3. The number of hydrogen-bond acceptors (Lipinski definition) is 3. The first-order chi connectivity index (χ1) is 9.20. The number of nitrogens with two attached hydrogens (primary N) is 1. The van der Waals surface area contributed by atoms with E-state index in [0.717, 1.165) is 31.0 Å². The van der Waals surface area contributed by atoms with E-state index >= 15 is 0 Å². The van der Waals surface area contributed by atoms with Gasteiger partial charge in [-0.1, -0.05) is 13.3 Å². The van der Waals surface area contributed by atoms with Crippen molar-refractivity contribution in [3.63, 3.8) is 0 Å². The molecule has 114 valence electrons. The van der Waals surface area contributed by atoms with Crippen LogP contribution in [0.4, 0.5) is 0 Å². The summed E-state index contributed by atoms with van der Waals surface area (Å²) in [5.41, 5.74) is 5.86. The van der Waals surface area contributed by atoms with E-state index in [0.29, 0.717) is 18.5 Å². The fourth-order valence-corrected chi connectivity index (χ4v) is 2.22. The van der Waals surface area contributed by atoms with Gasteiger partial charge in [0, 0.05) is 19.0 Å². The van der Waals surface area contributed by atoms with Crippen molar-refractivity contribution in [3.05, 3.63) is 11.6 Å². The van der Waals surface area contributed by atoms with E-state index in [4.69, 9.17) is 5.73 Å². The summed E-state index contributed by atoms with van der Waals surface area (Å²) in [7, 11) is 0. The van der Waals surface area contributed by atoms with Gasteiger partial charge in [-0.2, -0.15) is 0 Å². The number of guanidine groups is 1. The highest BCUT2D eigenvalue weighted by atomic mass is 127. The van der Waals surface area contributed by atoms with E-state index < -0.39 is 0 Å². The standard InChI is InChI=1S/C13H24N6.HI/c1-3-10(2)16-13(14)15-9-12-18-17-11-7-5-4-6-8-19(11)12;/h10H,3-9H2,1-2H3,(H3,14,15,16);1H. The van der Waals surface area contributed by atoms with Crippen LogP contribution in [-0.2, 0) is 19.5 Å². The molecule has 1 atom stereocenters. The highest BCUT2D eigenvalue weighted by Crippen LogP contribution is 2.14. The Kier molecular flexibility index (Phi) is 7.25. The monoisotopic (exact) mass is 392 g/mol. The molecule has 0 aromatic carbocycles. The highest BCUT2D eigenvalue weighted by Gasteiger charge is 2.14. The van der Waals surface area contributed by atoms with Gasteiger partial charge in [-0.3, -0.25) is 0 Å². The molecular formula is C13H25IN6. The number of nitrogens with zero attached hydrogens (tertiary/aromatic N) is 4. The first-order valence-corrected chi connectivity index (χ1v) is 7.18. The zero-order valence-electron chi connectivity index (χ0n) is 12.3.